The van der Waals surface area contributed by atoms with Gasteiger partial charge in [-0.3, -0.25) is 5.10 Å². The highest BCUT2D eigenvalue weighted by Crippen LogP contribution is 2.01. The number of aromatic amines is 1. The molecule has 4 N–H and O–H groups in total. The predicted molar refractivity (Wildman–Crippen MR) is 69.3 cm³/mol. The summed E-state index contributed by atoms with van der Waals surface area (Å²) in [6.07, 6.45) is 1.24. The van der Waals surface area contributed by atoms with Crippen molar-refractivity contribution in [1.29, 1.82) is 0 Å². The predicted octanol–water partition coefficient (Wildman–Crippen LogP) is 0.719. The van der Waals surface area contributed by atoms with Gasteiger partial charge in [0.2, 0.25) is 0 Å². The highest BCUT2D eigenvalue weighted by atomic mass is 16.3. The third-order valence-electron chi connectivity index (χ3n) is 2.59. The summed E-state index contributed by atoms with van der Waals surface area (Å²) in [5, 5.41) is 21.3. The molecule has 0 bridgehead atoms. The molecule has 0 aliphatic heterocycles. The first-order valence-corrected chi connectivity index (χ1v) is 6.20. The Bertz CT molecular complexity index is 378. The smallest absolute Gasteiger partial charge is 0.315 e. The van der Waals surface area contributed by atoms with Crippen LogP contribution in [0.15, 0.2) is 6.07 Å². The molecule has 0 saturated carbocycles. The molecule has 0 saturated heterocycles. The number of hydrogen-bond donors (Lipinski definition) is 4. The number of carbonyl (C=O) groups excluding carboxylic acids is 1. The first-order chi connectivity index (χ1) is 8.51. The summed E-state index contributed by atoms with van der Waals surface area (Å²) in [6.45, 7) is 5.80. The molecule has 2 atom stereocenters. The van der Waals surface area contributed by atoms with Gasteiger partial charge in [0.15, 0.2) is 0 Å². The molecule has 1 heterocycles. The number of aliphatic hydroxyl groups excluding tert-OH is 1. The van der Waals surface area contributed by atoms with Gasteiger partial charge >= 0.3 is 6.03 Å². The lowest BCUT2D eigenvalue weighted by atomic mass is 10.2. The van der Waals surface area contributed by atoms with Gasteiger partial charge in [-0.1, -0.05) is 0 Å². The molecular weight excluding hydrogens is 232 g/mol. The van der Waals surface area contributed by atoms with Crippen molar-refractivity contribution >= 4 is 6.03 Å². The normalized spacial score (nSPS) is 14.0. The van der Waals surface area contributed by atoms with Gasteiger partial charge in [0.25, 0.3) is 0 Å². The number of carbonyl (C=O) groups is 1. The fourth-order valence-electron chi connectivity index (χ4n) is 1.70. The fraction of sp³-hybridized carbons (Fsp3) is 0.667. The van der Waals surface area contributed by atoms with Crippen LogP contribution in [0.4, 0.5) is 4.79 Å². The lowest BCUT2D eigenvalue weighted by Crippen LogP contribution is -2.45. The van der Waals surface area contributed by atoms with Crippen LogP contribution in [0.1, 0.15) is 31.7 Å². The van der Waals surface area contributed by atoms with Crippen molar-refractivity contribution in [1.82, 2.24) is 20.8 Å². The second-order valence-corrected chi connectivity index (χ2v) is 4.68. The van der Waals surface area contributed by atoms with Crippen molar-refractivity contribution < 1.29 is 9.90 Å². The first kappa shape index (κ1) is 14.5. The third kappa shape index (κ3) is 5.18. The number of amides is 2. The van der Waals surface area contributed by atoms with Crippen LogP contribution in [0.5, 0.6) is 0 Å². The molecule has 2 amide bonds. The molecule has 18 heavy (non-hydrogen) atoms. The number of aryl methyl sites for hydroxylation is 1. The second kappa shape index (κ2) is 7.00. The molecule has 0 aromatic carbocycles. The van der Waals surface area contributed by atoms with Gasteiger partial charge in [-0.15, -0.1) is 0 Å². The minimum absolute atomic E-state index is 0.00836. The van der Waals surface area contributed by atoms with E-state index >= 15 is 0 Å². The zero-order valence-corrected chi connectivity index (χ0v) is 11.2. The average Bonchev–Trinajstić information content (AvgIpc) is 2.63. The zero-order valence-electron chi connectivity index (χ0n) is 11.2. The summed E-state index contributed by atoms with van der Waals surface area (Å²) >= 11 is 0. The average molecular weight is 254 g/mol. The van der Waals surface area contributed by atoms with E-state index in [1.54, 1.807) is 0 Å². The van der Waals surface area contributed by atoms with E-state index in [0.717, 1.165) is 11.4 Å². The van der Waals surface area contributed by atoms with Crippen LogP contribution < -0.4 is 10.6 Å². The first-order valence-electron chi connectivity index (χ1n) is 6.20. The molecule has 0 radical (unpaired) electrons. The Kier molecular flexibility index (Phi) is 5.64. The Balaban J connectivity index is 2.31. The molecule has 1 unspecified atom stereocenters. The van der Waals surface area contributed by atoms with Gasteiger partial charge in [0.1, 0.15) is 0 Å². The van der Waals surface area contributed by atoms with E-state index in [1.165, 1.54) is 0 Å². The van der Waals surface area contributed by atoms with Crippen LogP contribution >= 0.6 is 0 Å². The van der Waals surface area contributed by atoms with E-state index in [4.69, 9.17) is 5.11 Å². The molecule has 102 valence electrons. The summed E-state index contributed by atoms with van der Waals surface area (Å²) in [7, 11) is 0. The number of rotatable bonds is 6. The van der Waals surface area contributed by atoms with Crippen molar-refractivity contribution in [2.24, 2.45) is 0 Å². The van der Waals surface area contributed by atoms with Crippen LogP contribution in [0.3, 0.4) is 0 Å². The quantitative estimate of drug-likeness (QED) is 0.603. The Labute approximate surface area is 107 Å². The van der Waals surface area contributed by atoms with E-state index in [1.807, 2.05) is 26.8 Å². The van der Waals surface area contributed by atoms with Gasteiger partial charge in [-0.05, 0) is 33.3 Å². The Morgan fingerprint density at radius 1 is 1.44 bits per heavy atom. The number of aromatic nitrogens is 2. The Morgan fingerprint density at radius 3 is 2.67 bits per heavy atom. The van der Waals surface area contributed by atoms with E-state index < -0.39 is 0 Å². The molecule has 0 aliphatic rings. The van der Waals surface area contributed by atoms with Crippen molar-refractivity contribution in [2.45, 2.75) is 45.7 Å². The van der Waals surface area contributed by atoms with E-state index in [-0.39, 0.29) is 24.7 Å². The standard InChI is InChI=1S/C12H22N4O2/c1-8(4-5-17)13-12(18)14-9(2)6-11-7-10(3)15-16-11/h7-9,17H,4-6H2,1-3H3,(H,15,16)(H2,13,14,18)/t8-,9?/m1/s1. The molecule has 6 nitrogen and oxygen atoms in total. The van der Waals surface area contributed by atoms with Crippen LogP contribution in [0, 0.1) is 6.92 Å². The van der Waals surface area contributed by atoms with Crippen molar-refractivity contribution in [3.8, 4) is 0 Å². The van der Waals surface area contributed by atoms with Crippen LogP contribution in [0.25, 0.3) is 0 Å². The molecule has 0 fully saturated rings. The fourth-order valence-corrected chi connectivity index (χ4v) is 1.70. The molecule has 0 spiro atoms. The van der Waals surface area contributed by atoms with E-state index in [2.05, 4.69) is 20.8 Å². The number of nitrogens with one attached hydrogen (secondary N) is 3. The number of nitrogens with zero attached hydrogens (tertiary/aromatic N) is 1. The summed E-state index contributed by atoms with van der Waals surface area (Å²) in [6, 6.07) is 1.73. The summed E-state index contributed by atoms with van der Waals surface area (Å²) in [4.78, 5) is 11.6. The van der Waals surface area contributed by atoms with E-state index in [0.29, 0.717) is 12.8 Å². The van der Waals surface area contributed by atoms with Crippen molar-refractivity contribution in [3.63, 3.8) is 0 Å². The molecule has 0 aliphatic carbocycles. The summed E-state index contributed by atoms with van der Waals surface area (Å²) < 4.78 is 0. The molecular formula is C12H22N4O2. The van der Waals surface area contributed by atoms with Crippen LogP contribution in [0.2, 0.25) is 0 Å². The Hall–Kier alpha value is -1.56. The van der Waals surface area contributed by atoms with Gasteiger partial charge in [-0.25, -0.2) is 4.79 Å². The highest BCUT2D eigenvalue weighted by molar-refractivity contribution is 5.74. The third-order valence-corrected chi connectivity index (χ3v) is 2.59. The number of H-pyrrole nitrogens is 1. The van der Waals surface area contributed by atoms with Crippen molar-refractivity contribution in [3.05, 3.63) is 17.5 Å². The SMILES string of the molecule is Cc1cc(CC(C)NC(=O)N[C@H](C)CCO)n[nH]1. The molecule has 1 rings (SSSR count). The number of urea groups is 1. The lowest BCUT2D eigenvalue weighted by Gasteiger charge is -2.17. The maximum Gasteiger partial charge on any atom is 0.315 e. The van der Waals surface area contributed by atoms with Crippen LogP contribution in [-0.2, 0) is 6.42 Å². The van der Waals surface area contributed by atoms with Gasteiger partial charge < -0.3 is 15.7 Å². The second-order valence-electron chi connectivity index (χ2n) is 4.68. The van der Waals surface area contributed by atoms with Gasteiger partial charge in [0, 0.05) is 30.8 Å². The minimum atomic E-state index is -0.212. The lowest BCUT2D eigenvalue weighted by molar-refractivity contribution is 0.228. The molecule has 6 heteroatoms. The number of hydrogen-bond acceptors (Lipinski definition) is 3. The van der Waals surface area contributed by atoms with Gasteiger partial charge in [-0.2, -0.15) is 5.10 Å². The largest absolute Gasteiger partial charge is 0.396 e. The molecule has 1 aromatic rings. The van der Waals surface area contributed by atoms with Gasteiger partial charge in [0.05, 0.1) is 5.69 Å². The zero-order chi connectivity index (χ0) is 13.5. The monoisotopic (exact) mass is 254 g/mol. The summed E-state index contributed by atoms with van der Waals surface area (Å²) in [5.74, 6) is 0. The summed E-state index contributed by atoms with van der Waals surface area (Å²) in [5.41, 5.74) is 1.95. The Morgan fingerprint density at radius 2 is 2.11 bits per heavy atom. The topological polar surface area (TPSA) is 90.0 Å². The van der Waals surface area contributed by atoms with E-state index in [9.17, 15) is 4.79 Å². The maximum atomic E-state index is 11.6. The minimum Gasteiger partial charge on any atom is -0.396 e. The van der Waals surface area contributed by atoms with Crippen LogP contribution in [-0.4, -0.2) is 40.0 Å². The van der Waals surface area contributed by atoms with Crippen molar-refractivity contribution in [2.75, 3.05) is 6.61 Å². The highest BCUT2D eigenvalue weighted by Gasteiger charge is 2.11. The number of aliphatic hydroxyl groups is 1. The molecule has 1 aromatic heterocycles. The maximum absolute atomic E-state index is 11.6.